The van der Waals surface area contributed by atoms with Gasteiger partial charge in [-0.1, -0.05) is 6.07 Å². The Morgan fingerprint density at radius 3 is 2.83 bits per heavy atom. The van der Waals surface area contributed by atoms with Gasteiger partial charge in [0.05, 0.1) is 18.6 Å². The first-order valence-electron chi connectivity index (χ1n) is 7.48. The third-order valence-electron chi connectivity index (χ3n) is 3.54. The Morgan fingerprint density at radius 2 is 2.13 bits per heavy atom. The normalized spacial score (nSPS) is 11.3. The maximum atomic E-state index is 9.30. The van der Waals surface area contributed by atoms with Gasteiger partial charge in [0.2, 0.25) is 0 Å². The number of aliphatic hydroxyl groups is 1. The van der Waals surface area contributed by atoms with Crippen LogP contribution in [0, 0.1) is 6.92 Å². The maximum Gasteiger partial charge on any atom is 0.263 e. The van der Waals surface area contributed by atoms with E-state index in [9.17, 15) is 5.11 Å². The summed E-state index contributed by atoms with van der Waals surface area (Å²) < 4.78 is 11.0. The number of hydrogen-bond acceptors (Lipinski definition) is 6. The summed E-state index contributed by atoms with van der Waals surface area (Å²) >= 11 is 0. The average molecular weight is 313 g/mol. The van der Waals surface area contributed by atoms with E-state index >= 15 is 0 Å². The predicted octanol–water partition coefficient (Wildman–Crippen LogP) is 2.63. The van der Waals surface area contributed by atoms with Gasteiger partial charge < -0.3 is 13.9 Å². The zero-order valence-corrected chi connectivity index (χ0v) is 13.0. The number of oxazole rings is 1. The van der Waals surface area contributed by atoms with Crippen molar-refractivity contribution < 1.29 is 13.9 Å². The maximum absolute atomic E-state index is 9.30. The van der Waals surface area contributed by atoms with E-state index in [0.29, 0.717) is 31.3 Å². The van der Waals surface area contributed by atoms with Crippen LogP contribution in [0.5, 0.6) is 0 Å². The highest BCUT2D eigenvalue weighted by Crippen LogP contribution is 2.23. The topological polar surface area (TPSA) is 75.5 Å². The Kier molecular flexibility index (Phi) is 4.85. The van der Waals surface area contributed by atoms with E-state index in [1.807, 2.05) is 31.3 Å². The van der Waals surface area contributed by atoms with Crippen molar-refractivity contribution in [3.05, 3.63) is 59.9 Å². The molecule has 0 atom stereocenters. The minimum atomic E-state index is 0.0855. The van der Waals surface area contributed by atoms with Crippen LogP contribution in [0.25, 0.3) is 11.7 Å². The number of nitrogens with zero attached hydrogens (tertiary/aromatic N) is 3. The van der Waals surface area contributed by atoms with Gasteiger partial charge in [-0.15, -0.1) is 0 Å². The first kappa shape index (κ1) is 15.5. The minimum Gasteiger partial charge on any atom is -0.459 e. The molecule has 0 spiro atoms. The Morgan fingerprint density at radius 1 is 1.22 bits per heavy atom. The van der Waals surface area contributed by atoms with Gasteiger partial charge in [0, 0.05) is 32.0 Å². The molecule has 120 valence electrons. The lowest BCUT2D eigenvalue weighted by Crippen LogP contribution is -2.26. The Labute approximate surface area is 134 Å². The molecule has 0 bridgehead atoms. The lowest BCUT2D eigenvalue weighted by Gasteiger charge is -2.20. The van der Waals surface area contributed by atoms with Gasteiger partial charge in [0.15, 0.2) is 5.76 Å². The lowest BCUT2D eigenvalue weighted by atomic mass is 10.2. The molecule has 1 N–H and O–H groups in total. The van der Waals surface area contributed by atoms with Crippen LogP contribution in [-0.2, 0) is 13.1 Å². The van der Waals surface area contributed by atoms with Gasteiger partial charge in [0.25, 0.3) is 5.89 Å². The molecule has 3 aromatic heterocycles. The van der Waals surface area contributed by atoms with Gasteiger partial charge in [-0.05, 0) is 30.7 Å². The van der Waals surface area contributed by atoms with E-state index in [1.165, 1.54) is 0 Å². The molecule has 0 aliphatic heterocycles. The Hall–Kier alpha value is -2.44. The molecular weight excluding hydrogens is 294 g/mol. The molecular formula is C17H19N3O3. The van der Waals surface area contributed by atoms with E-state index in [4.69, 9.17) is 8.83 Å². The molecule has 0 amide bonds. The molecule has 3 rings (SSSR count). The van der Waals surface area contributed by atoms with Crippen LogP contribution in [0.15, 0.2) is 51.8 Å². The lowest BCUT2D eigenvalue weighted by molar-refractivity contribution is 0.182. The monoisotopic (exact) mass is 313 g/mol. The van der Waals surface area contributed by atoms with Crippen LogP contribution < -0.4 is 0 Å². The van der Waals surface area contributed by atoms with E-state index < -0.39 is 0 Å². The van der Waals surface area contributed by atoms with E-state index in [2.05, 4.69) is 14.9 Å². The molecule has 0 aliphatic rings. The second-order valence-corrected chi connectivity index (χ2v) is 5.29. The summed E-state index contributed by atoms with van der Waals surface area (Å²) in [4.78, 5) is 10.7. The fourth-order valence-corrected chi connectivity index (χ4v) is 2.40. The molecule has 0 aromatic carbocycles. The van der Waals surface area contributed by atoms with Crippen molar-refractivity contribution >= 4 is 0 Å². The van der Waals surface area contributed by atoms with E-state index in [1.54, 1.807) is 18.5 Å². The van der Waals surface area contributed by atoms with Crippen molar-refractivity contribution in [2.75, 3.05) is 13.2 Å². The molecule has 0 saturated heterocycles. The summed E-state index contributed by atoms with van der Waals surface area (Å²) in [5, 5.41) is 9.30. The molecule has 0 saturated carbocycles. The summed E-state index contributed by atoms with van der Waals surface area (Å²) in [5.74, 6) is 1.85. The Bertz CT molecular complexity index is 723. The molecule has 0 aliphatic carbocycles. The van der Waals surface area contributed by atoms with E-state index in [-0.39, 0.29) is 6.61 Å². The average Bonchev–Trinajstić information content (AvgIpc) is 3.19. The molecule has 6 nitrogen and oxygen atoms in total. The van der Waals surface area contributed by atoms with Gasteiger partial charge in [0.1, 0.15) is 5.76 Å². The van der Waals surface area contributed by atoms with Crippen molar-refractivity contribution in [2.45, 2.75) is 20.0 Å². The largest absolute Gasteiger partial charge is 0.459 e. The molecule has 0 radical (unpaired) electrons. The summed E-state index contributed by atoms with van der Waals surface area (Å²) in [6.07, 6.45) is 5.17. The first-order valence-corrected chi connectivity index (χ1v) is 7.48. The predicted molar refractivity (Wildman–Crippen MR) is 84.4 cm³/mol. The summed E-state index contributed by atoms with van der Waals surface area (Å²) in [6.45, 7) is 3.80. The van der Waals surface area contributed by atoms with Crippen molar-refractivity contribution in [1.29, 1.82) is 0 Å². The van der Waals surface area contributed by atoms with Crippen molar-refractivity contribution in [2.24, 2.45) is 0 Å². The molecule has 6 heteroatoms. The van der Waals surface area contributed by atoms with Gasteiger partial charge >= 0.3 is 0 Å². The first-order chi connectivity index (χ1) is 11.3. The van der Waals surface area contributed by atoms with Crippen molar-refractivity contribution in [1.82, 2.24) is 14.9 Å². The number of aryl methyl sites for hydroxylation is 1. The second-order valence-electron chi connectivity index (χ2n) is 5.29. The number of aromatic nitrogens is 2. The SMILES string of the molecule is Cc1oc(-c2ccco2)nc1CN(CCO)Cc1cccnc1. The Balaban J connectivity index is 1.75. The molecule has 0 fully saturated rings. The number of pyridine rings is 1. The van der Waals surface area contributed by atoms with Crippen LogP contribution >= 0.6 is 0 Å². The minimum absolute atomic E-state index is 0.0855. The highest BCUT2D eigenvalue weighted by atomic mass is 16.4. The molecule has 23 heavy (non-hydrogen) atoms. The van der Waals surface area contributed by atoms with Gasteiger partial charge in [-0.3, -0.25) is 9.88 Å². The number of furan rings is 1. The number of rotatable bonds is 7. The standard InChI is InChI=1S/C17H19N3O3/c1-13-15(19-17(23-13)16-5-3-9-22-16)12-20(7-8-21)11-14-4-2-6-18-10-14/h2-6,9-10,21H,7-8,11-12H2,1H3. The fourth-order valence-electron chi connectivity index (χ4n) is 2.40. The van der Waals surface area contributed by atoms with Crippen LogP contribution in [0.4, 0.5) is 0 Å². The highest BCUT2D eigenvalue weighted by Gasteiger charge is 2.16. The van der Waals surface area contributed by atoms with Crippen LogP contribution in [0.1, 0.15) is 17.0 Å². The third kappa shape index (κ3) is 3.85. The van der Waals surface area contributed by atoms with E-state index in [0.717, 1.165) is 17.0 Å². The second kappa shape index (κ2) is 7.21. The summed E-state index contributed by atoms with van der Waals surface area (Å²) in [6, 6.07) is 7.54. The highest BCUT2D eigenvalue weighted by molar-refractivity contribution is 5.44. The van der Waals surface area contributed by atoms with Crippen molar-refractivity contribution in [3.63, 3.8) is 0 Å². The smallest absolute Gasteiger partial charge is 0.263 e. The number of aliphatic hydroxyl groups excluding tert-OH is 1. The van der Waals surface area contributed by atoms with Crippen LogP contribution in [0.2, 0.25) is 0 Å². The summed E-state index contributed by atoms with van der Waals surface area (Å²) in [7, 11) is 0. The fraction of sp³-hybridized carbons (Fsp3) is 0.294. The molecule has 0 unspecified atom stereocenters. The van der Waals surface area contributed by atoms with Crippen LogP contribution in [0.3, 0.4) is 0 Å². The van der Waals surface area contributed by atoms with Gasteiger partial charge in [-0.25, -0.2) is 4.98 Å². The molecule has 3 aromatic rings. The molecule has 3 heterocycles. The van der Waals surface area contributed by atoms with Gasteiger partial charge in [-0.2, -0.15) is 0 Å². The summed E-state index contributed by atoms with van der Waals surface area (Å²) in [5.41, 5.74) is 1.93. The third-order valence-corrected chi connectivity index (χ3v) is 3.54. The van der Waals surface area contributed by atoms with Crippen molar-refractivity contribution in [3.8, 4) is 11.7 Å². The van der Waals surface area contributed by atoms with Crippen LogP contribution in [-0.4, -0.2) is 33.1 Å². The quantitative estimate of drug-likeness (QED) is 0.722. The zero-order valence-electron chi connectivity index (χ0n) is 13.0. The zero-order chi connectivity index (χ0) is 16.1. The number of hydrogen-bond donors (Lipinski definition) is 1.